The van der Waals surface area contributed by atoms with Crippen molar-refractivity contribution in [2.24, 2.45) is 5.84 Å². The smallest absolute Gasteiger partial charge is 0.0551 e. The molecular weight excluding hydrogens is 214 g/mol. The second-order valence-corrected chi connectivity index (χ2v) is 3.75. The molecule has 0 aliphatic heterocycles. The summed E-state index contributed by atoms with van der Waals surface area (Å²) in [5.74, 6) is 5.56. The summed E-state index contributed by atoms with van der Waals surface area (Å²) in [6.45, 7) is 0. The monoisotopic (exact) mass is 229 g/mol. The van der Waals surface area contributed by atoms with Crippen molar-refractivity contribution in [2.75, 3.05) is 5.73 Å². The lowest BCUT2D eigenvalue weighted by Crippen LogP contribution is -2.30. The molecule has 17 heavy (non-hydrogen) atoms. The van der Waals surface area contributed by atoms with Crippen LogP contribution in [0.3, 0.4) is 0 Å². The number of aromatic nitrogens is 2. The summed E-state index contributed by atoms with van der Waals surface area (Å²) in [6, 6.07) is 7.46. The van der Waals surface area contributed by atoms with Crippen LogP contribution in [0.5, 0.6) is 0 Å². The fourth-order valence-electron chi connectivity index (χ4n) is 1.70. The molecule has 5 nitrogen and oxygen atoms in total. The maximum absolute atomic E-state index is 5.89. The van der Waals surface area contributed by atoms with E-state index in [1.54, 1.807) is 24.7 Å². The van der Waals surface area contributed by atoms with Gasteiger partial charge in [0.2, 0.25) is 0 Å². The Balaban J connectivity index is 2.21. The van der Waals surface area contributed by atoms with Gasteiger partial charge in [-0.2, -0.15) is 0 Å². The van der Waals surface area contributed by atoms with Crippen LogP contribution in [0.4, 0.5) is 5.69 Å². The van der Waals surface area contributed by atoms with Gasteiger partial charge in [0, 0.05) is 42.0 Å². The van der Waals surface area contributed by atoms with Crippen molar-refractivity contribution in [1.82, 2.24) is 15.4 Å². The van der Waals surface area contributed by atoms with Crippen molar-refractivity contribution >= 4 is 5.69 Å². The standard InChI is InChI=1S/C12H15N5/c13-11-4-6-15-8-10(11)12(17-14)7-9-3-1-2-5-16-9/h1-6,8,12,17H,7,14H2,(H2,13,15). The Labute approximate surface area is 99.9 Å². The first-order valence-corrected chi connectivity index (χ1v) is 5.36. The normalized spacial score (nSPS) is 12.3. The molecule has 1 atom stereocenters. The van der Waals surface area contributed by atoms with Crippen LogP contribution >= 0.6 is 0 Å². The van der Waals surface area contributed by atoms with Gasteiger partial charge in [0.1, 0.15) is 0 Å². The number of nitrogens with zero attached hydrogens (tertiary/aromatic N) is 2. The highest BCUT2D eigenvalue weighted by Gasteiger charge is 2.13. The molecule has 2 aromatic heterocycles. The number of nitrogens with one attached hydrogen (secondary N) is 1. The predicted octanol–water partition coefficient (Wildman–Crippen LogP) is 0.806. The van der Waals surface area contributed by atoms with E-state index in [1.165, 1.54) is 0 Å². The first kappa shape index (κ1) is 11.5. The number of pyridine rings is 2. The second kappa shape index (κ2) is 5.38. The van der Waals surface area contributed by atoms with Crippen LogP contribution in [0.2, 0.25) is 0 Å². The van der Waals surface area contributed by atoms with Crippen molar-refractivity contribution in [2.45, 2.75) is 12.5 Å². The highest BCUT2D eigenvalue weighted by atomic mass is 15.2. The third-order valence-corrected chi connectivity index (χ3v) is 2.60. The van der Waals surface area contributed by atoms with Crippen LogP contribution in [0, 0.1) is 0 Å². The summed E-state index contributed by atoms with van der Waals surface area (Å²) < 4.78 is 0. The molecule has 0 amide bonds. The minimum Gasteiger partial charge on any atom is -0.398 e. The van der Waals surface area contributed by atoms with Crippen molar-refractivity contribution in [3.63, 3.8) is 0 Å². The summed E-state index contributed by atoms with van der Waals surface area (Å²) in [7, 11) is 0. The maximum Gasteiger partial charge on any atom is 0.0551 e. The third kappa shape index (κ3) is 2.77. The molecule has 5 heteroatoms. The molecule has 0 aliphatic carbocycles. The number of hydrogen-bond donors (Lipinski definition) is 3. The molecule has 0 radical (unpaired) electrons. The summed E-state index contributed by atoms with van der Waals surface area (Å²) >= 11 is 0. The average molecular weight is 229 g/mol. The number of anilines is 1. The van der Waals surface area contributed by atoms with E-state index >= 15 is 0 Å². The molecular formula is C12H15N5. The zero-order valence-corrected chi connectivity index (χ0v) is 9.38. The van der Waals surface area contributed by atoms with Crippen molar-refractivity contribution in [1.29, 1.82) is 0 Å². The molecule has 1 unspecified atom stereocenters. The van der Waals surface area contributed by atoms with Gasteiger partial charge in [0.25, 0.3) is 0 Å². The lowest BCUT2D eigenvalue weighted by atomic mass is 10.0. The van der Waals surface area contributed by atoms with E-state index in [9.17, 15) is 0 Å². The number of hydrazine groups is 1. The SMILES string of the molecule is NNC(Cc1ccccn1)c1cnccc1N. The van der Waals surface area contributed by atoms with Crippen molar-refractivity contribution in [3.05, 3.63) is 54.1 Å². The van der Waals surface area contributed by atoms with E-state index in [-0.39, 0.29) is 6.04 Å². The summed E-state index contributed by atoms with van der Waals surface area (Å²) in [6.07, 6.45) is 5.82. The van der Waals surface area contributed by atoms with E-state index in [2.05, 4.69) is 15.4 Å². The van der Waals surface area contributed by atoms with Gasteiger partial charge in [-0.25, -0.2) is 0 Å². The molecule has 2 aromatic rings. The lowest BCUT2D eigenvalue weighted by Gasteiger charge is -2.17. The van der Waals surface area contributed by atoms with Gasteiger partial charge in [0.05, 0.1) is 6.04 Å². The molecule has 0 saturated carbocycles. The van der Waals surface area contributed by atoms with Gasteiger partial charge in [-0.1, -0.05) is 6.07 Å². The zero-order chi connectivity index (χ0) is 12.1. The summed E-state index contributed by atoms with van der Waals surface area (Å²) in [4.78, 5) is 8.32. The number of hydrogen-bond acceptors (Lipinski definition) is 5. The molecule has 2 heterocycles. The first-order valence-electron chi connectivity index (χ1n) is 5.36. The minimum atomic E-state index is -0.0846. The van der Waals surface area contributed by atoms with Crippen molar-refractivity contribution < 1.29 is 0 Å². The van der Waals surface area contributed by atoms with Crippen LogP contribution < -0.4 is 17.0 Å². The molecule has 0 bridgehead atoms. The molecule has 0 aliphatic rings. The molecule has 5 N–H and O–H groups in total. The van der Waals surface area contributed by atoms with E-state index < -0.39 is 0 Å². The molecule has 0 aromatic carbocycles. The van der Waals surface area contributed by atoms with Crippen LogP contribution in [0.25, 0.3) is 0 Å². The summed E-state index contributed by atoms with van der Waals surface area (Å²) in [5.41, 5.74) is 11.2. The van der Waals surface area contributed by atoms with Crippen molar-refractivity contribution in [3.8, 4) is 0 Å². The Morgan fingerprint density at radius 3 is 2.76 bits per heavy atom. The molecule has 2 rings (SSSR count). The van der Waals surface area contributed by atoms with Gasteiger partial charge in [-0.05, 0) is 18.2 Å². The Bertz CT molecular complexity index is 471. The molecule has 0 spiro atoms. The number of nitrogens with two attached hydrogens (primary N) is 2. The largest absolute Gasteiger partial charge is 0.398 e. The molecule has 0 saturated heterocycles. The number of nitrogen functional groups attached to an aromatic ring is 1. The van der Waals surface area contributed by atoms with E-state index in [0.29, 0.717) is 12.1 Å². The fraction of sp³-hybridized carbons (Fsp3) is 0.167. The fourth-order valence-corrected chi connectivity index (χ4v) is 1.70. The van der Waals surface area contributed by atoms with Gasteiger partial charge in [0.15, 0.2) is 0 Å². The van der Waals surface area contributed by atoms with E-state index in [1.807, 2.05) is 18.2 Å². The van der Waals surface area contributed by atoms with E-state index in [4.69, 9.17) is 11.6 Å². The minimum absolute atomic E-state index is 0.0846. The molecule has 88 valence electrons. The van der Waals surface area contributed by atoms with E-state index in [0.717, 1.165) is 11.3 Å². The molecule has 0 fully saturated rings. The van der Waals surface area contributed by atoms with Crippen LogP contribution in [0.15, 0.2) is 42.9 Å². The van der Waals surface area contributed by atoms with Gasteiger partial charge in [-0.15, -0.1) is 0 Å². The third-order valence-electron chi connectivity index (χ3n) is 2.60. The average Bonchev–Trinajstić information content (AvgIpc) is 2.38. The van der Waals surface area contributed by atoms with Gasteiger partial charge >= 0.3 is 0 Å². The van der Waals surface area contributed by atoms with Crippen LogP contribution in [-0.4, -0.2) is 9.97 Å². The lowest BCUT2D eigenvalue weighted by molar-refractivity contribution is 0.546. The summed E-state index contributed by atoms with van der Waals surface area (Å²) in [5, 5.41) is 0. The topological polar surface area (TPSA) is 89.8 Å². The Kier molecular flexibility index (Phi) is 3.64. The van der Waals surface area contributed by atoms with Gasteiger partial charge < -0.3 is 5.73 Å². The maximum atomic E-state index is 5.89. The number of rotatable bonds is 4. The predicted molar refractivity (Wildman–Crippen MR) is 66.7 cm³/mol. The Hall–Kier alpha value is -1.98. The Morgan fingerprint density at radius 2 is 2.12 bits per heavy atom. The highest BCUT2D eigenvalue weighted by molar-refractivity contribution is 5.46. The quantitative estimate of drug-likeness (QED) is 0.533. The van der Waals surface area contributed by atoms with Crippen LogP contribution in [0.1, 0.15) is 17.3 Å². The second-order valence-electron chi connectivity index (χ2n) is 3.75. The zero-order valence-electron chi connectivity index (χ0n) is 9.38. The Morgan fingerprint density at radius 1 is 1.24 bits per heavy atom. The van der Waals surface area contributed by atoms with Gasteiger partial charge in [-0.3, -0.25) is 21.2 Å². The first-order chi connectivity index (χ1) is 8.31. The van der Waals surface area contributed by atoms with Crippen LogP contribution in [-0.2, 0) is 6.42 Å². The highest BCUT2D eigenvalue weighted by Crippen LogP contribution is 2.21.